The molecule has 1 atom stereocenters. The van der Waals surface area contributed by atoms with E-state index in [0.717, 1.165) is 49.5 Å². The minimum atomic E-state index is -1.06. The van der Waals surface area contributed by atoms with Crippen molar-refractivity contribution in [1.82, 2.24) is 0 Å². The number of carbonyl (C=O) groups excluding carboxylic acids is 2. The molecule has 0 saturated heterocycles. The lowest BCUT2D eigenvalue weighted by Crippen LogP contribution is -2.30. The molecule has 1 aromatic rings. The molecule has 6 heteroatoms. The minimum Gasteiger partial charge on any atom is -0.463 e. The van der Waals surface area contributed by atoms with Crippen molar-refractivity contribution in [3.63, 3.8) is 0 Å². The molecule has 2 fully saturated rings. The van der Waals surface area contributed by atoms with Gasteiger partial charge in [0, 0.05) is 11.6 Å². The highest BCUT2D eigenvalue weighted by Crippen LogP contribution is 2.42. The first-order valence-electron chi connectivity index (χ1n) is 13.4. The van der Waals surface area contributed by atoms with Crippen LogP contribution >= 0.6 is 0 Å². The molecule has 0 bridgehead atoms. The zero-order chi connectivity index (χ0) is 25.0. The van der Waals surface area contributed by atoms with Crippen LogP contribution in [0.4, 0.5) is 0 Å². The molecule has 0 spiro atoms. The second-order valence-corrected chi connectivity index (χ2v) is 10.1. The smallest absolute Gasteiger partial charge is 0.330 e. The van der Waals surface area contributed by atoms with Gasteiger partial charge in [-0.25, -0.2) is 4.79 Å². The molecule has 1 aromatic carbocycles. The van der Waals surface area contributed by atoms with Gasteiger partial charge < -0.3 is 19.3 Å². The van der Waals surface area contributed by atoms with Crippen molar-refractivity contribution < 1.29 is 28.9 Å². The maximum absolute atomic E-state index is 12.7. The van der Waals surface area contributed by atoms with Gasteiger partial charge >= 0.3 is 11.9 Å². The predicted molar refractivity (Wildman–Crippen MR) is 135 cm³/mol. The first kappa shape index (κ1) is 27.4. The molecule has 0 radical (unpaired) electrons. The zero-order valence-electron chi connectivity index (χ0n) is 21.2. The van der Waals surface area contributed by atoms with Crippen molar-refractivity contribution in [1.29, 1.82) is 0 Å². The van der Waals surface area contributed by atoms with E-state index in [9.17, 15) is 14.7 Å². The van der Waals surface area contributed by atoms with E-state index >= 15 is 0 Å². The second kappa shape index (κ2) is 14.4. The largest absolute Gasteiger partial charge is 0.463 e. The van der Waals surface area contributed by atoms with E-state index in [1.54, 1.807) is 24.3 Å². The number of benzene rings is 1. The Labute approximate surface area is 210 Å². The third-order valence-corrected chi connectivity index (χ3v) is 7.85. The summed E-state index contributed by atoms with van der Waals surface area (Å²) in [5.74, 6) is 2.46. The van der Waals surface area contributed by atoms with E-state index in [4.69, 9.17) is 14.2 Å². The van der Waals surface area contributed by atoms with Crippen LogP contribution in [0.3, 0.4) is 0 Å². The summed E-state index contributed by atoms with van der Waals surface area (Å²) >= 11 is 0. The lowest BCUT2D eigenvalue weighted by atomic mass is 9.69. The molecule has 0 heterocycles. The van der Waals surface area contributed by atoms with Crippen LogP contribution in [0.15, 0.2) is 36.9 Å². The minimum absolute atomic E-state index is 0.0161. The van der Waals surface area contributed by atoms with Crippen molar-refractivity contribution in [2.24, 2.45) is 23.7 Å². The summed E-state index contributed by atoms with van der Waals surface area (Å²) in [5.41, 5.74) is 0.598. The maximum Gasteiger partial charge on any atom is 0.330 e. The lowest BCUT2D eigenvalue weighted by Gasteiger charge is -2.37. The van der Waals surface area contributed by atoms with Crippen molar-refractivity contribution in [2.75, 3.05) is 13.2 Å². The van der Waals surface area contributed by atoms with Crippen LogP contribution in [0.5, 0.6) is 5.75 Å². The van der Waals surface area contributed by atoms with E-state index in [2.05, 4.69) is 13.5 Å². The Morgan fingerprint density at radius 3 is 2.17 bits per heavy atom. The van der Waals surface area contributed by atoms with Crippen LogP contribution in [0.25, 0.3) is 0 Å². The van der Waals surface area contributed by atoms with Gasteiger partial charge in [-0.05, 0) is 81.3 Å². The van der Waals surface area contributed by atoms with Gasteiger partial charge in [0.05, 0.1) is 19.1 Å². The van der Waals surface area contributed by atoms with Crippen molar-refractivity contribution >= 4 is 11.9 Å². The number of carbonyl (C=O) groups is 2. The molecule has 194 valence electrons. The highest BCUT2D eigenvalue weighted by Gasteiger charge is 2.33. The van der Waals surface area contributed by atoms with Gasteiger partial charge in [-0.1, -0.05) is 44.9 Å². The van der Waals surface area contributed by atoms with Crippen LogP contribution in [-0.2, 0) is 19.1 Å². The van der Waals surface area contributed by atoms with Crippen LogP contribution < -0.4 is 4.74 Å². The third kappa shape index (κ3) is 8.76. The number of aliphatic hydroxyl groups is 1. The average Bonchev–Trinajstić information content (AvgIpc) is 2.90. The number of unbranched alkanes of at least 4 members (excludes halogenated alkanes) is 1. The summed E-state index contributed by atoms with van der Waals surface area (Å²) in [6.07, 6.45) is 12.3. The number of rotatable bonds is 12. The Bertz CT molecular complexity index is 788. The predicted octanol–water partition coefficient (Wildman–Crippen LogP) is 6.13. The van der Waals surface area contributed by atoms with Crippen LogP contribution in [0.2, 0.25) is 0 Å². The standard InChI is InChI=1S/C29H42O6/c1-3-21-7-9-22(10-8-21)23-11-13-25(14-12-23)29(32)35-26-17-15-24(16-18-26)28(31)34-20-6-5-19-33-27(30)4-2/h4,15-18,21-23,25,28,31H,2-3,5-14,19-20H2,1H3. The fourth-order valence-electron chi connectivity index (χ4n) is 5.52. The van der Waals surface area contributed by atoms with Gasteiger partial charge in [0.2, 0.25) is 0 Å². The van der Waals surface area contributed by atoms with Gasteiger partial charge in [-0.3, -0.25) is 4.79 Å². The van der Waals surface area contributed by atoms with Gasteiger partial charge in [0.1, 0.15) is 5.75 Å². The molecule has 3 rings (SSSR count). The van der Waals surface area contributed by atoms with Gasteiger partial charge in [0.15, 0.2) is 6.29 Å². The number of aliphatic hydroxyl groups excluding tert-OH is 1. The summed E-state index contributed by atoms with van der Waals surface area (Å²) in [5, 5.41) is 10.2. The molecule has 2 saturated carbocycles. The molecule has 6 nitrogen and oxygen atoms in total. The monoisotopic (exact) mass is 486 g/mol. The number of ether oxygens (including phenoxy) is 3. The average molecular weight is 487 g/mol. The number of hydrogen-bond acceptors (Lipinski definition) is 6. The number of esters is 2. The van der Waals surface area contributed by atoms with Crippen molar-refractivity contribution in [3.8, 4) is 5.75 Å². The molecule has 0 aliphatic heterocycles. The Morgan fingerprint density at radius 2 is 1.57 bits per heavy atom. The second-order valence-electron chi connectivity index (χ2n) is 10.1. The van der Waals surface area contributed by atoms with Crippen molar-refractivity contribution in [2.45, 2.75) is 83.8 Å². The molecule has 1 unspecified atom stereocenters. The Kier molecular flexibility index (Phi) is 11.3. The summed E-state index contributed by atoms with van der Waals surface area (Å²) < 4.78 is 16.0. The molecule has 0 aromatic heterocycles. The fourth-order valence-corrected chi connectivity index (χ4v) is 5.52. The molecule has 35 heavy (non-hydrogen) atoms. The van der Waals surface area contributed by atoms with Crippen molar-refractivity contribution in [3.05, 3.63) is 42.5 Å². The Hall–Kier alpha value is -2.18. The van der Waals surface area contributed by atoms with Gasteiger partial charge in [0.25, 0.3) is 0 Å². The van der Waals surface area contributed by atoms with Gasteiger partial charge in [-0.2, -0.15) is 0 Å². The normalized spacial score (nSPS) is 25.4. The summed E-state index contributed by atoms with van der Waals surface area (Å²) in [6, 6.07) is 6.82. The van der Waals surface area contributed by atoms with Gasteiger partial charge in [-0.15, -0.1) is 0 Å². The SMILES string of the molecule is C=CC(=O)OCCCCOC(O)c1ccc(OC(=O)C2CCC(C3CCC(CC)CC3)CC2)cc1. The first-order valence-corrected chi connectivity index (χ1v) is 13.4. The van der Waals surface area contributed by atoms with E-state index in [0.29, 0.717) is 37.4 Å². The first-order chi connectivity index (χ1) is 17.0. The Morgan fingerprint density at radius 1 is 0.971 bits per heavy atom. The quantitative estimate of drug-likeness (QED) is 0.126. The highest BCUT2D eigenvalue weighted by molar-refractivity contribution is 5.81. The summed E-state index contributed by atoms with van der Waals surface area (Å²) in [6.45, 7) is 6.29. The maximum atomic E-state index is 12.7. The third-order valence-electron chi connectivity index (χ3n) is 7.85. The molecule has 2 aliphatic carbocycles. The highest BCUT2D eigenvalue weighted by atomic mass is 16.6. The summed E-state index contributed by atoms with van der Waals surface area (Å²) in [7, 11) is 0. The van der Waals surface area contributed by atoms with Crippen LogP contribution in [0, 0.1) is 23.7 Å². The fraction of sp³-hybridized carbons (Fsp3) is 0.655. The Balaban J connectivity index is 1.34. The number of hydrogen-bond donors (Lipinski definition) is 1. The zero-order valence-corrected chi connectivity index (χ0v) is 21.2. The molecular weight excluding hydrogens is 444 g/mol. The molecule has 1 N–H and O–H groups in total. The van der Waals surface area contributed by atoms with E-state index in [-0.39, 0.29) is 11.9 Å². The summed E-state index contributed by atoms with van der Waals surface area (Å²) in [4.78, 5) is 23.7. The lowest BCUT2D eigenvalue weighted by molar-refractivity contribution is -0.140. The van der Waals surface area contributed by atoms with Crippen LogP contribution in [-0.4, -0.2) is 30.3 Å². The molecule has 0 amide bonds. The topological polar surface area (TPSA) is 82.1 Å². The van der Waals surface area contributed by atoms with Crippen LogP contribution in [0.1, 0.15) is 89.4 Å². The van der Waals surface area contributed by atoms with E-state index < -0.39 is 12.3 Å². The molecular formula is C29H42O6. The molecule has 2 aliphatic rings. The van der Waals surface area contributed by atoms with E-state index in [1.807, 2.05) is 0 Å². The van der Waals surface area contributed by atoms with E-state index in [1.165, 1.54) is 32.1 Å².